The zero-order valence-corrected chi connectivity index (χ0v) is 11.3. The van der Waals surface area contributed by atoms with Crippen LogP contribution < -0.4 is 15.4 Å². The summed E-state index contributed by atoms with van der Waals surface area (Å²) in [6, 6.07) is 5.03. The zero-order valence-electron chi connectivity index (χ0n) is 10.5. The lowest BCUT2D eigenvalue weighted by Crippen LogP contribution is -2.47. The molecule has 1 saturated heterocycles. The summed E-state index contributed by atoms with van der Waals surface area (Å²) < 4.78 is 5.18. The van der Waals surface area contributed by atoms with E-state index in [1.165, 1.54) is 0 Å². The number of hydrogen-bond donors (Lipinski definition) is 2. The molecule has 0 saturated carbocycles. The predicted molar refractivity (Wildman–Crippen MR) is 71.4 cm³/mol. The largest absolute Gasteiger partial charge is 0.496 e. The fourth-order valence-electron chi connectivity index (χ4n) is 2.12. The number of hydrogen-bond acceptors (Lipinski definition) is 3. The molecular formula is C13H17ClN2O2. The first-order valence-electron chi connectivity index (χ1n) is 5.91. The molecule has 98 valence electrons. The van der Waals surface area contributed by atoms with Crippen molar-refractivity contribution in [1.82, 2.24) is 10.6 Å². The van der Waals surface area contributed by atoms with Crippen molar-refractivity contribution in [2.45, 2.75) is 18.9 Å². The van der Waals surface area contributed by atoms with Crippen LogP contribution in [0.5, 0.6) is 5.75 Å². The van der Waals surface area contributed by atoms with E-state index < -0.39 is 0 Å². The van der Waals surface area contributed by atoms with Gasteiger partial charge >= 0.3 is 0 Å². The van der Waals surface area contributed by atoms with Crippen molar-refractivity contribution >= 4 is 17.5 Å². The van der Waals surface area contributed by atoms with Gasteiger partial charge in [0.2, 0.25) is 0 Å². The Labute approximate surface area is 112 Å². The van der Waals surface area contributed by atoms with Crippen LogP contribution in [-0.4, -0.2) is 31.6 Å². The van der Waals surface area contributed by atoms with E-state index in [9.17, 15) is 4.79 Å². The summed E-state index contributed by atoms with van der Waals surface area (Å²) in [6.45, 7) is 3.73. The van der Waals surface area contributed by atoms with Crippen LogP contribution in [-0.2, 0) is 0 Å². The summed E-state index contributed by atoms with van der Waals surface area (Å²) in [5.74, 6) is 0.381. The maximum absolute atomic E-state index is 12.3. The number of ether oxygens (including phenoxy) is 1. The Kier molecular flexibility index (Phi) is 3.78. The number of nitrogens with one attached hydrogen (secondary N) is 2. The van der Waals surface area contributed by atoms with E-state index in [1.54, 1.807) is 25.3 Å². The van der Waals surface area contributed by atoms with Crippen LogP contribution >= 0.6 is 11.6 Å². The monoisotopic (exact) mass is 268 g/mol. The van der Waals surface area contributed by atoms with Crippen molar-refractivity contribution in [3.05, 3.63) is 28.8 Å². The Hall–Kier alpha value is -1.26. The van der Waals surface area contributed by atoms with Gasteiger partial charge in [-0.2, -0.15) is 0 Å². The molecule has 5 heteroatoms. The maximum Gasteiger partial charge on any atom is 0.255 e. The fraction of sp³-hybridized carbons (Fsp3) is 0.462. The summed E-state index contributed by atoms with van der Waals surface area (Å²) >= 11 is 5.92. The van der Waals surface area contributed by atoms with E-state index in [1.807, 2.05) is 6.92 Å². The summed E-state index contributed by atoms with van der Waals surface area (Å²) in [4.78, 5) is 12.3. The van der Waals surface area contributed by atoms with Gasteiger partial charge in [-0.1, -0.05) is 11.6 Å². The standard InChI is InChI=1S/C13H17ClN2O2/c1-13(5-6-15-8-13)16-12(17)10-7-9(14)3-4-11(10)18-2/h3-4,7,15H,5-6,8H2,1-2H3,(H,16,17). The van der Waals surface area contributed by atoms with Crippen LogP contribution in [0.4, 0.5) is 0 Å². The summed E-state index contributed by atoms with van der Waals surface area (Å²) in [5.41, 5.74) is 0.267. The lowest BCUT2D eigenvalue weighted by molar-refractivity contribution is 0.0910. The number of methoxy groups -OCH3 is 1. The fourth-order valence-corrected chi connectivity index (χ4v) is 2.29. The topological polar surface area (TPSA) is 50.4 Å². The minimum Gasteiger partial charge on any atom is -0.496 e. The second kappa shape index (κ2) is 5.16. The Morgan fingerprint density at radius 2 is 2.33 bits per heavy atom. The average molecular weight is 269 g/mol. The van der Waals surface area contributed by atoms with Gasteiger partial charge in [-0.05, 0) is 38.1 Å². The van der Waals surface area contributed by atoms with Gasteiger partial charge in [-0.15, -0.1) is 0 Å². The highest BCUT2D eigenvalue weighted by Gasteiger charge is 2.31. The van der Waals surface area contributed by atoms with Gasteiger partial charge in [0.1, 0.15) is 5.75 Å². The van der Waals surface area contributed by atoms with Gasteiger partial charge in [0, 0.05) is 11.6 Å². The summed E-state index contributed by atoms with van der Waals surface area (Å²) in [7, 11) is 1.54. The SMILES string of the molecule is COc1ccc(Cl)cc1C(=O)NC1(C)CCNC1. The molecule has 1 aliphatic rings. The van der Waals surface area contributed by atoms with Crippen LogP contribution in [0, 0.1) is 0 Å². The molecule has 0 bridgehead atoms. The first-order chi connectivity index (χ1) is 8.54. The lowest BCUT2D eigenvalue weighted by Gasteiger charge is -2.25. The van der Waals surface area contributed by atoms with Crippen molar-refractivity contribution < 1.29 is 9.53 Å². The van der Waals surface area contributed by atoms with Gasteiger partial charge < -0.3 is 15.4 Å². The maximum atomic E-state index is 12.3. The lowest BCUT2D eigenvalue weighted by atomic mass is 10.0. The number of halogens is 1. The third-order valence-corrected chi connectivity index (χ3v) is 3.43. The van der Waals surface area contributed by atoms with Crippen molar-refractivity contribution in [2.75, 3.05) is 20.2 Å². The zero-order chi connectivity index (χ0) is 13.2. The third kappa shape index (κ3) is 2.76. The van der Waals surface area contributed by atoms with Crippen LogP contribution in [0.25, 0.3) is 0 Å². The molecule has 2 rings (SSSR count). The second-order valence-electron chi connectivity index (χ2n) is 4.79. The minimum absolute atomic E-state index is 0.152. The second-order valence-corrected chi connectivity index (χ2v) is 5.22. The van der Waals surface area contributed by atoms with Gasteiger partial charge in [0.15, 0.2) is 0 Å². The molecule has 4 nitrogen and oxygen atoms in total. The van der Waals surface area contributed by atoms with E-state index >= 15 is 0 Å². The van der Waals surface area contributed by atoms with Crippen LogP contribution in [0.2, 0.25) is 5.02 Å². The molecule has 0 aliphatic carbocycles. The molecule has 2 N–H and O–H groups in total. The molecule has 1 unspecified atom stereocenters. The molecule has 1 aliphatic heterocycles. The van der Waals surface area contributed by atoms with Crippen LogP contribution in [0.3, 0.4) is 0 Å². The number of carbonyl (C=O) groups excluding carboxylic acids is 1. The Bertz CT molecular complexity index is 456. The number of amides is 1. The molecule has 18 heavy (non-hydrogen) atoms. The van der Waals surface area contributed by atoms with Crippen LogP contribution in [0.15, 0.2) is 18.2 Å². The van der Waals surface area contributed by atoms with Crippen molar-refractivity contribution in [3.63, 3.8) is 0 Å². The van der Waals surface area contributed by atoms with Gasteiger partial charge in [0.05, 0.1) is 18.2 Å². The number of rotatable bonds is 3. The van der Waals surface area contributed by atoms with E-state index in [0.29, 0.717) is 16.3 Å². The van der Waals surface area contributed by atoms with E-state index in [-0.39, 0.29) is 11.4 Å². The molecule has 1 amide bonds. The van der Waals surface area contributed by atoms with Crippen LogP contribution in [0.1, 0.15) is 23.7 Å². The Morgan fingerprint density at radius 3 is 2.94 bits per heavy atom. The first kappa shape index (κ1) is 13.2. The van der Waals surface area contributed by atoms with Gasteiger partial charge in [-0.3, -0.25) is 4.79 Å². The average Bonchev–Trinajstić information content (AvgIpc) is 2.75. The highest BCUT2D eigenvalue weighted by atomic mass is 35.5. The highest BCUT2D eigenvalue weighted by molar-refractivity contribution is 6.31. The summed E-state index contributed by atoms with van der Waals surface area (Å²) in [6.07, 6.45) is 0.918. The number of benzene rings is 1. The van der Waals surface area contributed by atoms with Gasteiger partial charge in [-0.25, -0.2) is 0 Å². The summed E-state index contributed by atoms with van der Waals surface area (Å²) in [5, 5.41) is 6.79. The third-order valence-electron chi connectivity index (χ3n) is 3.19. The molecule has 1 heterocycles. The molecule has 1 aromatic carbocycles. The van der Waals surface area contributed by atoms with E-state index in [2.05, 4.69) is 10.6 Å². The minimum atomic E-state index is -0.204. The molecule has 0 aromatic heterocycles. The van der Waals surface area contributed by atoms with E-state index in [4.69, 9.17) is 16.3 Å². The first-order valence-corrected chi connectivity index (χ1v) is 6.29. The van der Waals surface area contributed by atoms with Crippen molar-refractivity contribution in [1.29, 1.82) is 0 Å². The molecule has 0 radical (unpaired) electrons. The highest BCUT2D eigenvalue weighted by Crippen LogP contribution is 2.24. The Balaban J connectivity index is 2.20. The molecular weight excluding hydrogens is 252 g/mol. The van der Waals surface area contributed by atoms with Crippen molar-refractivity contribution in [2.24, 2.45) is 0 Å². The molecule has 0 spiro atoms. The van der Waals surface area contributed by atoms with Gasteiger partial charge in [0.25, 0.3) is 5.91 Å². The normalized spacial score (nSPS) is 22.8. The smallest absolute Gasteiger partial charge is 0.255 e. The molecule has 1 atom stereocenters. The van der Waals surface area contributed by atoms with Crippen molar-refractivity contribution in [3.8, 4) is 5.75 Å². The molecule has 1 fully saturated rings. The molecule has 1 aromatic rings. The number of carbonyl (C=O) groups is 1. The van der Waals surface area contributed by atoms with E-state index in [0.717, 1.165) is 19.5 Å². The Morgan fingerprint density at radius 1 is 1.56 bits per heavy atom. The quantitative estimate of drug-likeness (QED) is 0.879. The predicted octanol–water partition coefficient (Wildman–Crippen LogP) is 1.83.